The number of aliphatic hydroxyl groups is 1. The largest absolute Gasteiger partial charge is 3.00 e. The molecule has 0 aliphatic carbocycles. The molecule has 2 saturated heterocycles. The summed E-state index contributed by atoms with van der Waals surface area (Å²) in [5.41, 5.74) is 12.0. The Morgan fingerprint density at radius 2 is 1.24 bits per heavy atom. The molecule has 2 fully saturated rings. The number of anilines is 1. The number of aliphatic hydroxyl groups excluding tert-OH is 1. The van der Waals surface area contributed by atoms with Crippen molar-refractivity contribution in [3.63, 3.8) is 0 Å². The van der Waals surface area contributed by atoms with Crippen molar-refractivity contribution in [2.75, 3.05) is 104 Å². The standard InChI is InChI=1S/C50H78N12O16S.Ga/c1-31(2)21-38(40(65)23-34(30-63)46(75)56-37(48(77)78)5-3-11-53-49(51)52)57-45(74)33(24-41(66)67)22-36(64)25-54-47(76)39-6-4-12-62(39)50(79)55-35-9-7-32(8-10-35)26-58-13-15-59(27-42(68)69)17-19-61(29-44(72)73)20-18-60(16-14-58)28-43(70)71;/h7-10,31,33-34,37-39,63H,3-6,11-30H2,1-2H3,(H,54,76)(H,55,79)(H,56,75)(H,57,74)(H,66,67)(H,68,69)(H,70,71)(H,72,73)(H,77,78)(H4,51,52,53);/q;+3/p-3/t33-,34-,37+,38+,39-;/m1./s1. The summed E-state index contributed by atoms with van der Waals surface area (Å²) in [7, 11) is 0. The Morgan fingerprint density at radius 3 is 1.71 bits per heavy atom. The second-order valence-corrected chi connectivity index (χ2v) is 20.4. The number of amides is 3. The third kappa shape index (κ3) is 26.8. The second-order valence-electron chi connectivity index (χ2n) is 20.0. The van der Waals surface area contributed by atoms with Crippen molar-refractivity contribution >= 4 is 108 Å². The summed E-state index contributed by atoms with van der Waals surface area (Å²) in [6, 6.07) is 3.76. The Bertz CT molecular complexity index is 2280. The van der Waals surface area contributed by atoms with E-state index in [1.807, 2.05) is 17.0 Å². The average Bonchev–Trinajstić information content (AvgIpc) is 3.86. The molecule has 80 heavy (non-hydrogen) atoms. The van der Waals surface area contributed by atoms with E-state index in [4.69, 9.17) is 23.7 Å². The van der Waals surface area contributed by atoms with Gasteiger partial charge in [-0.3, -0.25) is 53.4 Å². The van der Waals surface area contributed by atoms with Crippen LogP contribution in [0.3, 0.4) is 0 Å². The maximum absolute atomic E-state index is 13.6. The number of hydrogen-bond acceptors (Lipinski definition) is 20. The van der Waals surface area contributed by atoms with Gasteiger partial charge in [-0.15, -0.1) is 0 Å². The summed E-state index contributed by atoms with van der Waals surface area (Å²) in [4.78, 5) is 138. The number of carboxylic acids is 5. The number of Topliss-reactive ketones (excluding diaryl/α,β-unsaturated/α-hetero) is 2. The number of aliphatic carboxylic acids is 5. The summed E-state index contributed by atoms with van der Waals surface area (Å²) in [6.45, 7) is 3.94. The van der Waals surface area contributed by atoms with E-state index in [-0.39, 0.29) is 115 Å². The molecule has 0 radical (unpaired) electrons. The molecule has 2 aliphatic heterocycles. The molecule has 11 N–H and O–H groups in total. The summed E-state index contributed by atoms with van der Waals surface area (Å²) in [5.74, 6) is -13.8. The molecule has 30 heteroatoms. The molecule has 28 nitrogen and oxygen atoms in total. The molecular formula is C50H75GaN12O16S. The van der Waals surface area contributed by atoms with E-state index < -0.39 is 128 Å². The average molecular weight is 1200 g/mol. The van der Waals surface area contributed by atoms with Gasteiger partial charge in [0.2, 0.25) is 17.7 Å². The number of nitrogens with zero attached hydrogens (tertiary/aromatic N) is 6. The van der Waals surface area contributed by atoms with E-state index in [1.54, 1.807) is 45.6 Å². The van der Waals surface area contributed by atoms with Gasteiger partial charge in [-0.25, -0.2) is 4.79 Å². The first-order chi connectivity index (χ1) is 37.3. The van der Waals surface area contributed by atoms with Gasteiger partial charge < -0.3 is 82.7 Å². The molecular weight excluding hydrogens is 1130 g/mol. The summed E-state index contributed by atoms with van der Waals surface area (Å²) in [6.07, 6.45) is -0.952. The molecule has 2 heterocycles. The van der Waals surface area contributed by atoms with Crippen LogP contribution in [-0.4, -0.2) is 246 Å². The van der Waals surface area contributed by atoms with Crippen molar-refractivity contribution in [2.24, 2.45) is 34.2 Å². The van der Waals surface area contributed by atoms with Crippen molar-refractivity contribution in [1.82, 2.24) is 40.4 Å². The van der Waals surface area contributed by atoms with E-state index in [0.29, 0.717) is 44.7 Å². The van der Waals surface area contributed by atoms with Crippen LogP contribution in [0, 0.1) is 17.8 Å². The number of benzene rings is 1. The molecule has 2 aliphatic rings. The number of hydrogen-bond donors (Lipinski definition) is 9. The van der Waals surface area contributed by atoms with Gasteiger partial charge in [0.25, 0.3) is 0 Å². The van der Waals surface area contributed by atoms with Gasteiger partial charge in [0.05, 0.1) is 55.4 Å². The maximum Gasteiger partial charge on any atom is 3.00 e. The van der Waals surface area contributed by atoms with Gasteiger partial charge in [0, 0.05) is 110 Å². The number of likely N-dealkylation sites (tertiary alicyclic amines) is 1. The molecule has 440 valence electrons. The molecule has 0 unspecified atom stereocenters. The number of guanidine groups is 1. The zero-order valence-corrected chi connectivity index (χ0v) is 48.5. The first kappa shape index (κ1) is 69.8. The Morgan fingerprint density at radius 1 is 0.725 bits per heavy atom. The number of thiocarbonyl (C=S) groups is 1. The minimum absolute atomic E-state index is 0. The Hall–Kier alpha value is -6.28. The van der Waals surface area contributed by atoms with Crippen LogP contribution < -0.4 is 48.1 Å². The molecule has 0 saturated carbocycles. The number of aliphatic imine (C=N–C) groups is 1. The van der Waals surface area contributed by atoms with E-state index in [1.165, 1.54) is 0 Å². The van der Waals surface area contributed by atoms with Crippen LogP contribution in [0.4, 0.5) is 5.69 Å². The van der Waals surface area contributed by atoms with Crippen molar-refractivity contribution in [3.05, 3.63) is 29.8 Å². The van der Waals surface area contributed by atoms with Gasteiger partial charge in [-0.05, 0) is 67.9 Å². The topological polar surface area (TPSA) is 429 Å². The minimum Gasteiger partial charge on any atom is -0.549 e. The predicted octanol–water partition coefficient (Wildman–Crippen LogP) is -6.67. The molecule has 1 aromatic rings. The van der Waals surface area contributed by atoms with Crippen LogP contribution in [0.5, 0.6) is 0 Å². The Labute approximate surface area is 482 Å². The molecule has 1 aromatic carbocycles. The van der Waals surface area contributed by atoms with Gasteiger partial charge in [-0.1, -0.05) is 26.0 Å². The zero-order valence-electron chi connectivity index (χ0n) is 45.2. The number of carbonyl (C=O) groups is 10. The molecule has 3 rings (SSSR count). The summed E-state index contributed by atoms with van der Waals surface area (Å²) in [5, 5.41) is 74.6. The quantitative estimate of drug-likeness (QED) is 0.0110. The van der Waals surface area contributed by atoms with Crippen LogP contribution >= 0.6 is 12.2 Å². The molecule has 3 amide bonds. The number of carboxylic acid groups (broad SMARTS) is 5. The normalized spacial score (nSPS) is 17.4. The van der Waals surface area contributed by atoms with E-state index in [9.17, 15) is 78.6 Å². The third-order valence-corrected chi connectivity index (χ3v) is 13.5. The van der Waals surface area contributed by atoms with Crippen molar-refractivity contribution in [3.8, 4) is 0 Å². The van der Waals surface area contributed by atoms with Crippen molar-refractivity contribution in [2.45, 2.75) is 89.9 Å². The van der Waals surface area contributed by atoms with E-state index in [0.717, 1.165) is 5.56 Å². The SMILES string of the molecule is CC(C)C[C@H](NC(=O)[C@@H](CC(=O)O)CC(=O)CNC(=O)[C@H]1CCCN1C(=S)Nc1ccc(CN2CCN(CC(=O)[O-])CCN(CC(=O)[O-])CCN(CC(=O)[O-])CC2)cc1)C(=O)C[C@H](CO)C(=O)N[C@@H](CCCN=C(N)N)C(=O)O.[Ga+3]. The predicted molar refractivity (Wildman–Crippen MR) is 287 cm³/mol. The Kier molecular flexibility index (Phi) is 31.5. The van der Waals surface area contributed by atoms with Crippen molar-refractivity contribution in [1.29, 1.82) is 0 Å². The fourth-order valence-corrected chi connectivity index (χ4v) is 9.35. The number of carbonyl (C=O) groups excluding carboxylic acids is 8. The molecule has 0 spiro atoms. The number of nitrogens with one attached hydrogen (secondary N) is 4. The number of nitrogens with two attached hydrogens (primary N) is 2. The fraction of sp³-hybridized carbons (Fsp3) is 0.640. The van der Waals surface area contributed by atoms with Crippen LogP contribution in [0.1, 0.15) is 70.8 Å². The van der Waals surface area contributed by atoms with Crippen molar-refractivity contribution < 1.29 is 78.6 Å². The van der Waals surface area contributed by atoms with E-state index in [2.05, 4.69) is 26.3 Å². The van der Waals surface area contributed by atoms with E-state index >= 15 is 0 Å². The van der Waals surface area contributed by atoms with Gasteiger partial charge in [-0.2, -0.15) is 0 Å². The van der Waals surface area contributed by atoms with Gasteiger partial charge in [0.15, 0.2) is 22.6 Å². The van der Waals surface area contributed by atoms with Gasteiger partial charge >= 0.3 is 31.7 Å². The van der Waals surface area contributed by atoms with Crippen LogP contribution in [-0.2, 0) is 54.5 Å². The fourth-order valence-electron chi connectivity index (χ4n) is 9.01. The smallest absolute Gasteiger partial charge is 0.549 e. The first-order valence-corrected chi connectivity index (χ1v) is 26.4. The second kappa shape index (κ2) is 36.1. The Balaban J connectivity index is 0.0000219. The van der Waals surface area contributed by atoms with Crippen LogP contribution in [0.25, 0.3) is 0 Å². The molecule has 0 bridgehead atoms. The first-order valence-electron chi connectivity index (χ1n) is 26.0. The number of rotatable bonds is 31. The summed E-state index contributed by atoms with van der Waals surface area (Å²) >= 11 is 5.71. The van der Waals surface area contributed by atoms with Crippen LogP contribution in [0.2, 0.25) is 0 Å². The zero-order chi connectivity index (χ0) is 58.8. The molecule has 5 atom stereocenters. The summed E-state index contributed by atoms with van der Waals surface area (Å²) < 4.78 is 0. The van der Waals surface area contributed by atoms with Gasteiger partial charge in [0.1, 0.15) is 12.1 Å². The number of ketones is 2. The van der Waals surface area contributed by atoms with Crippen LogP contribution in [0.15, 0.2) is 29.3 Å². The minimum atomic E-state index is -1.47. The third-order valence-electron chi connectivity index (χ3n) is 13.2. The maximum atomic E-state index is 13.6. The monoisotopic (exact) mass is 1200 g/mol. The molecule has 0 aromatic heterocycles.